The van der Waals surface area contributed by atoms with E-state index >= 15 is 0 Å². The minimum Gasteiger partial charge on any atom is -0.460 e. The van der Waals surface area contributed by atoms with Gasteiger partial charge in [0.15, 0.2) is 23.3 Å². The topological polar surface area (TPSA) is 26.3 Å². The summed E-state index contributed by atoms with van der Waals surface area (Å²) in [6, 6.07) is 0.0742. The van der Waals surface area contributed by atoms with E-state index < -0.39 is 64.5 Å². The highest BCUT2D eigenvalue weighted by Crippen LogP contribution is 2.59. The fraction of sp³-hybridized carbons (Fsp3) is 0.438. The van der Waals surface area contributed by atoms with Gasteiger partial charge in [0.2, 0.25) is 0 Å². The molecule has 0 radical (unpaired) electrons. The van der Waals surface area contributed by atoms with Crippen LogP contribution in [0.3, 0.4) is 0 Å². The molecule has 126 valence electrons. The molecule has 2 atom stereocenters. The zero-order valence-electron chi connectivity index (χ0n) is 12.7. The van der Waals surface area contributed by atoms with Crippen molar-refractivity contribution in [3.8, 4) is 0 Å². The lowest BCUT2D eigenvalue weighted by atomic mass is 10.1. The van der Waals surface area contributed by atoms with Gasteiger partial charge in [0, 0.05) is 6.07 Å². The van der Waals surface area contributed by atoms with E-state index in [9.17, 15) is 26.7 Å². The Hall–Kier alpha value is -1.92. The standard InChI is InChI=1S/C16H15F5O2/c1-7(17)4-9-12(16(9,2)3)15(22)23-6-8-13(20)10(18)5-11(19)14(8)21/h4-5,9,12H,6H2,1-3H3/t9?,12-/m0/s1. The first-order valence-electron chi connectivity index (χ1n) is 6.89. The predicted molar refractivity (Wildman–Crippen MR) is 71.7 cm³/mol. The highest BCUT2D eigenvalue weighted by molar-refractivity contribution is 5.78. The van der Waals surface area contributed by atoms with Crippen LogP contribution in [0.1, 0.15) is 26.3 Å². The minimum atomic E-state index is -1.61. The fourth-order valence-corrected chi connectivity index (χ4v) is 2.67. The number of ether oxygens (including phenoxy) is 1. The van der Waals surface area contributed by atoms with Crippen molar-refractivity contribution < 1.29 is 31.5 Å². The number of allylic oxidation sites excluding steroid dienone is 2. The molecule has 7 heteroatoms. The quantitative estimate of drug-likeness (QED) is 0.462. The first-order valence-corrected chi connectivity index (χ1v) is 6.89. The number of rotatable bonds is 4. The molecular formula is C16H15F5O2. The first-order chi connectivity index (χ1) is 10.6. The number of hydrogen-bond acceptors (Lipinski definition) is 2. The Bertz CT molecular complexity index is 651. The third kappa shape index (κ3) is 3.23. The van der Waals surface area contributed by atoms with Crippen LogP contribution < -0.4 is 0 Å². The maximum Gasteiger partial charge on any atom is 0.310 e. The van der Waals surface area contributed by atoms with Gasteiger partial charge < -0.3 is 4.74 Å². The molecular weight excluding hydrogens is 319 g/mol. The third-order valence-corrected chi connectivity index (χ3v) is 4.14. The van der Waals surface area contributed by atoms with Gasteiger partial charge in [0.25, 0.3) is 0 Å². The number of carbonyl (C=O) groups is 1. The number of halogens is 5. The van der Waals surface area contributed by atoms with Crippen molar-refractivity contribution in [2.75, 3.05) is 0 Å². The summed E-state index contributed by atoms with van der Waals surface area (Å²) in [5.74, 6) is -8.71. The van der Waals surface area contributed by atoms with E-state index in [0.29, 0.717) is 0 Å². The van der Waals surface area contributed by atoms with E-state index in [2.05, 4.69) is 0 Å². The molecule has 1 aliphatic rings. The molecule has 1 aromatic carbocycles. The van der Waals surface area contributed by atoms with E-state index in [1.165, 1.54) is 13.0 Å². The molecule has 0 aromatic heterocycles. The van der Waals surface area contributed by atoms with Gasteiger partial charge in [-0.15, -0.1) is 0 Å². The van der Waals surface area contributed by atoms with Crippen LogP contribution in [-0.2, 0) is 16.1 Å². The van der Waals surface area contributed by atoms with Gasteiger partial charge in [-0.05, 0) is 24.3 Å². The summed E-state index contributed by atoms with van der Waals surface area (Å²) in [4.78, 5) is 12.0. The van der Waals surface area contributed by atoms with Crippen LogP contribution in [0.4, 0.5) is 22.0 Å². The van der Waals surface area contributed by atoms with Gasteiger partial charge in [-0.2, -0.15) is 0 Å². The molecule has 23 heavy (non-hydrogen) atoms. The van der Waals surface area contributed by atoms with Gasteiger partial charge in [-0.1, -0.05) is 13.8 Å². The first kappa shape index (κ1) is 17.4. The van der Waals surface area contributed by atoms with Crippen molar-refractivity contribution in [1.82, 2.24) is 0 Å². The van der Waals surface area contributed by atoms with Crippen LogP contribution in [0.2, 0.25) is 0 Å². The number of esters is 1. The van der Waals surface area contributed by atoms with Crippen LogP contribution in [0.15, 0.2) is 18.0 Å². The normalized spacial score (nSPS) is 22.9. The van der Waals surface area contributed by atoms with Crippen LogP contribution >= 0.6 is 0 Å². The summed E-state index contributed by atoms with van der Waals surface area (Å²) >= 11 is 0. The van der Waals surface area contributed by atoms with Crippen LogP contribution in [-0.4, -0.2) is 5.97 Å². The fourth-order valence-electron chi connectivity index (χ4n) is 2.67. The van der Waals surface area contributed by atoms with Crippen LogP contribution in [0.5, 0.6) is 0 Å². The van der Waals surface area contributed by atoms with E-state index in [-0.39, 0.29) is 6.07 Å². The maximum absolute atomic E-state index is 13.5. The predicted octanol–water partition coefficient (Wildman–Crippen LogP) is 4.43. The Kier molecular flexibility index (Phi) is 4.50. The second kappa shape index (κ2) is 5.94. The number of benzene rings is 1. The van der Waals surface area contributed by atoms with Gasteiger partial charge in [-0.3, -0.25) is 4.79 Å². The summed E-state index contributed by atoms with van der Waals surface area (Å²) < 4.78 is 70.8. The Labute approximate surface area is 129 Å². The molecule has 1 fully saturated rings. The Morgan fingerprint density at radius 3 is 2.22 bits per heavy atom. The Morgan fingerprint density at radius 1 is 1.22 bits per heavy atom. The highest BCUT2D eigenvalue weighted by Gasteiger charge is 2.61. The molecule has 1 unspecified atom stereocenters. The Balaban J connectivity index is 2.11. The Morgan fingerprint density at radius 2 is 1.74 bits per heavy atom. The number of carbonyl (C=O) groups excluding carboxylic acids is 1. The van der Waals surface area contributed by atoms with Gasteiger partial charge in [0.05, 0.1) is 17.3 Å². The van der Waals surface area contributed by atoms with E-state index in [0.717, 1.165) is 0 Å². The molecule has 0 heterocycles. The average Bonchev–Trinajstić information content (AvgIpc) is 2.96. The molecule has 1 saturated carbocycles. The molecule has 1 aliphatic carbocycles. The molecule has 1 aromatic rings. The lowest BCUT2D eigenvalue weighted by Gasteiger charge is -2.09. The lowest BCUT2D eigenvalue weighted by molar-refractivity contribution is -0.147. The number of hydrogen-bond donors (Lipinski definition) is 0. The average molecular weight is 334 g/mol. The van der Waals surface area contributed by atoms with Crippen molar-refractivity contribution >= 4 is 5.97 Å². The largest absolute Gasteiger partial charge is 0.460 e. The van der Waals surface area contributed by atoms with Gasteiger partial charge in [-0.25, -0.2) is 22.0 Å². The van der Waals surface area contributed by atoms with Crippen molar-refractivity contribution in [2.45, 2.75) is 27.4 Å². The van der Waals surface area contributed by atoms with E-state index in [4.69, 9.17) is 4.74 Å². The summed E-state index contributed by atoms with van der Waals surface area (Å²) in [5, 5.41) is 0. The third-order valence-electron chi connectivity index (χ3n) is 4.14. The molecule has 2 nitrogen and oxygen atoms in total. The second-order valence-electron chi connectivity index (χ2n) is 6.13. The van der Waals surface area contributed by atoms with Crippen molar-refractivity contribution in [2.24, 2.45) is 17.3 Å². The summed E-state index contributed by atoms with van der Waals surface area (Å²) in [6.07, 6.45) is 1.27. The minimum absolute atomic E-state index is 0.0742. The zero-order chi connectivity index (χ0) is 17.5. The van der Waals surface area contributed by atoms with Crippen molar-refractivity contribution in [3.63, 3.8) is 0 Å². The van der Waals surface area contributed by atoms with Crippen LogP contribution in [0, 0.1) is 40.5 Å². The molecule has 0 saturated heterocycles. The van der Waals surface area contributed by atoms with Crippen molar-refractivity contribution in [3.05, 3.63) is 46.8 Å². The maximum atomic E-state index is 13.5. The molecule has 0 spiro atoms. The molecule has 0 bridgehead atoms. The van der Waals surface area contributed by atoms with E-state index in [1.807, 2.05) is 0 Å². The molecule has 2 rings (SSSR count). The molecule has 0 aliphatic heterocycles. The monoisotopic (exact) mass is 334 g/mol. The van der Waals surface area contributed by atoms with E-state index in [1.54, 1.807) is 13.8 Å². The molecule has 0 amide bonds. The zero-order valence-corrected chi connectivity index (χ0v) is 12.7. The van der Waals surface area contributed by atoms with Crippen molar-refractivity contribution in [1.29, 1.82) is 0 Å². The highest BCUT2D eigenvalue weighted by atomic mass is 19.2. The molecule has 0 N–H and O–H groups in total. The SMILES string of the molecule is CC(F)=CC1[C@@H](C(=O)OCc2c(F)c(F)cc(F)c2F)C1(C)C. The summed E-state index contributed by atoms with van der Waals surface area (Å²) in [7, 11) is 0. The summed E-state index contributed by atoms with van der Waals surface area (Å²) in [6.45, 7) is 3.72. The van der Waals surface area contributed by atoms with Gasteiger partial charge >= 0.3 is 5.97 Å². The smallest absolute Gasteiger partial charge is 0.310 e. The van der Waals surface area contributed by atoms with Gasteiger partial charge in [0.1, 0.15) is 6.61 Å². The second-order valence-corrected chi connectivity index (χ2v) is 6.13. The van der Waals surface area contributed by atoms with Crippen LogP contribution in [0.25, 0.3) is 0 Å². The summed E-state index contributed by atoms with van der Waals surface area (Å²) in [5.41, 5.74) is -1.56. The lowest BCUT2D eigenvalue weighted by Crippen LogP contribution is -2.13.